The highest BCUT2D eigenvalue weighted by Gasteiger charge is 2.11. The summed E-state index contributed by atoms with van der Waals surface area (Å²) in [5.74, 6) is 2.89. The van der Waals surface area contributed by atoms with Crippen molar-refractivity contribution >= 4 is 39.0 Å². The largest absolute Gasteiger partial charge is 0.494 e. The van der Waals surface area contributed by atoms with E-state index in [4.69, 9.17) is 4.74 Å². The van der Waals surface area contributed by atoms with E-state index >= 15 is 0 Å². The smallest absolute Gasteiger partial charge is 0.260 e. The molecule has 0 atom stereocenters. The van der Waals surface area contributed by atoms with Crippen molar-refractivity contribution < 1.29 is 4.74 Å². The summed E-state index contributed by atoms with van der Waals surface area (Å²) in [6.07, 6.45) is 0.864. The molecule has 0 fully saturated rings. The molecule has 0 aliphatic rings. The summed E-state index contributed by atoms with van der Waals surface area (Å²) in [4.78, 5) is 25.0. The quantitative estimate of drug-likeness (QED) is 0.155. The number of hydrogen-bond acceptors (Lipinski definition) is 8. The molecule has 0 bridgehead atoms. The molecule has 5 rings (SSSR count). The number of ether oxygens (including phenoxy) is 1. The van der Waals surface area contributed by atoms with E-state index in [0.29, 0.717) is 34.9 Å². The fourth-order valence-corrected chi connectivity index (χ4v) is 5.35. The number of thioether (sulfide) groups is 1. The third kappa shape index (κ3) is 6.10. The highest BCUT2D eigenvalue weighted by atomic mass is 32.2. The monoisotopic (exact) mass is 530 g/mol. The van der Waals surface area contributed by atoms with Crippen LogP contribution in [0.5, 0.6) is 5.75 Å². The molecular formula is C27H26N6O2S2. The molecule has 3 heterocycles. The minimum atomic E-state index is -0.144. The van der Waals surface area contributed by atoms with Crippen LogP contribution in [0.4, 0.5) is 0 Å². The summed E-state index contributed by atoms with van der Waals surface area (Å²) in [6.45, 7) is 7.09. The first-order valence-electron chi connectivity index (χ1n) is 11.8. The molecule has 8 nitrogen and oxygen atoms in total. The third-order valence-electron chi connectivity index (χ3n) is 5.62. The molecule has 3 aromatic heterocycles. The van der Waals surface area contributed by atoms with E-state index < -0.39 is 0 Å². The molecule has 0 unspecified atom stereocenters. The Hall–Kier alpha value is -3.89. The van der Waals surface area contributed by atoms with Gasteiger partial charge in [-0.05, 0) is 42.0 Å². The van der Waals surface area contributed by atoms with E-state index in [-0.39, 0.29) is 5.56 Å². The molecule has 3 N–H and O–H groups in total. The van der Waals surface area contributed by atoms with Crippen LogP contribution in [-0.4, -0.2) is 37.5 Å². The van der Waals surface area contributed by atoms with Crippen LogP contribution in [0.25, 0.3) is 27.3 Å². The number of benzene rings is 2. The number of aryl methyl sites for hydroxylation is 1. The molecule has 188 valence electrons. The van der Waals surface area contributed by atoms with Crippen molar-refractivity contribution in [2.45, 2.75) is 25.0 Å². The molecule has 5 aromatic rings. The number of thiophene rings is 1. The lowest BCUT2D eigenvalue weighted by atomic mass is 10.2. The van der Waals surface area contributed by atoms with Gasteiger partial charge in [0.25, 0.3) is 5.56 Å². The van der Waals surface area contributed by atoms with Gasteiger partial charge < -0.3 is 15.0 Å². The number of hydrogen-bond donors (Lipinski definition) is 3. The van der Waals surface area contributed by atoms with Gasteiger partial charge in [-0.15, -0.1) is 16.4 Å². The zero-order chi connectivity index (χ0) is 25.6. The first kappa shape index (κ1) is 24.8. The highest BCUT2D eigenvalue weighted by molar-refractivity contribution is 7.99. The Bertz CT molecular complexity index is 1570. The first-order chi connectivity index (χ1) is 18.1. The van der Waals surface area contributed by atoms with Crippen molar-refractivity contribution in [3.8, 4) is 17.1 Å². The predicted octanol–water partition coefficient (Wildman–Crippen LogP) is 5.40. The second kappa shape index (κ2) is 11.4. The fraction of sp³-hybridized carbons (Fsp3) is 0.185. The molecule has 37 heavy (non-hydrogen) atoms. The van der Waals surface area contributed by atoms with Crippen LogP contribution in [0, 0.1) is 6.92 Å². The second-order valence-corrected chi connectivity index (χ2v) is 10.3. The van der Waals surface area contributed by atoms with Crippen LogP contribution >= 0.6 is 23.1 Å². The van der Waals surface area contributed by atoms with Crippen LogP contribution in [0.2, 0.25) is 0 Å². The van der Waals surface area contributed by atoms with Crippen LogP contribution in [0.3, 0.4) is 0 Å². The predicted molar refractivity (Wildman–Crippen MR) is 150 cm³/mol. The molecular weight excluding hydrogens is 504 g/mol. The summed E-state index contributed by atoms with van der Waals surface area (Å²) >= 11 is 3.06. The second-order valence-electron chi connectivity index (χ2n) is 8.38. The number of nitrogens with zero attached hydrogens (tertiary/aromatic N) is 3. The lowest BCUT2D eigenvalue weighted by Gasteiger charge is -2.11. The molecule has 2 aromatic carbocycles. The van der Waals surface area contributed by atoms with Gasteiger partial charge in [-0.3, -0.25) is 9.89 Å². The van der Waals surface area contributed by atoms with Crippen molar-refractivity contribution in [2.75, 3.05) is 12.4 Å². The van der Waals surface area contributed by atoms with Gasteiger partial charge in [0.15, 0.2) is 11.6 Å². The Morgan fingerprint density at radius 3 is 2.89 bits per heavy atom. The summed E-state index contributed by atoms with van der Waals surface area (Å²) < 4.78 is 5.95. The average Bonchev–Trinajstić information content (AvgIpc) is 3.55. The lowest BCUT2D eigenvalue weighted by Crippen LogP contribution is -2.17. The zero-order valence-electron chi connectivity index (χ0n) is 20.3. The summed E-state index contributed by atoms with van der Waals surface area (Å²) in [5, 5.41) is 13.8. The van der Waals surface area contributed by atoms with Gasteiger partial charge in [-0.1, -0.05) is 60.8 Å². The Kier molecular flexibility index (Phi) is 7.67. The van der Waals surface area contributed by atoms with Gasteiger partial charge in [0.1, 0.15) is 10.6 Å². The molecule has 0 saturated heterocycles. The number of fused-ring (bicyclic) bond motifs is 1. The molecule has 0 aliphatic heterocycles. The van der Waals surface area contributed by atoms with E-state index in [9.17, 15) is 4.79 Å². The average molecular weight is 531 g/mol. The van der Waals surface area contributed by atoms with Crippen molar-refractivity contribution in [1.82, 2.24) is 30.5 Å². The van der Waals surface area contributed by atoms with Gasteiger partial charge in [-0.2, -0.15) is 0 Å². The summed E-state index contributed by atoms with van der Waals surface area (Å²) in [7, 11) is 0. The van der Waals surface area contributed by atoms with Gasteiger partial charge >= 0.3 is 0 Å². The van der Waals surface area contributed by atoms with E-state index in [2.05, 4.69) is 37.0 Å². The lowest BCUT2D eigenvalue weighted by molar-refractivity contribution is 0.318. The standard InChI is InChI=1S/C27H26N6O2S2/c1-17-16-37-26-22(17)25(34)29-23(30-26)18(2)28-15-19-8-6-11-21(14-19)35-12-7-13-36-27-31-24(32-33-27)20-9-4-3-5-10-20/h3-6,8-11,14,16,28H,2,7,12-13,15H2,1H3,(H,29,30,34)(H,31,32,33). The topological polar surface area (TPSA) is 109 Å². The molecule has 0 amide bonds. The van der Waals surface area contributed by atoms with Crippen LogP contribution < -0.4 is 15.6 Å². The zero-order valence-corrected chi connectivity index (χ0v) is 21.9. The van der Waals surface area contributed by atoms with Gasteiger partial charge in [-0.25, -0.2) is 9.97 Å². The normalized spacial score (nSPS) is 11.1. The van der Waals surface area contributed by atoms with Crippen molar-refractivity contribution in [1.29, 1.82) is 0 Å². The number of rotatable bonds is 11. The summed E-state index contributed by atoms with van der Waals surface area (Å²) in [5.41, 5.74) is 3.42. The SMILES string of the molecule is C=C(NCc1cccc(OCCCSc2n[nH]c(-c3ccccc3)n2)c1)c1nc2scc(C)c2c(=O)[nH]1. The van der Waals surface area contributed by atoms with Gasteiger partial charge in [0.2, 0.25) is 5.16 Å². The van der Waals surface area contributed by atoms with E-state index in [1.807, 2.05) is 66.9 Å². The Balaban J connectivity index is 1.08. The maximum Gasteiger partial charge on any atom is 0.260 e. The van der Waals surface area contributed by atoms with Crippen LogP contribution in [0.1, 0.15) is 23.4 Å². The van der Waals surface area contributed by atoms with E-state index in [1.165, 1.54) is 11.3 Å². The number of nitrogens with one attached hydrogen (secondary N) is 3. The Morgan fingerprint density at radius 1 is 1.16 bits per heavy atom. The molecule has 0 saturated carbocycles. The molecule has 0 spiro atoms. The minimum Gasteiger partial charge on any atom is -0.494 e. The van der Waals surface area contributed by atoms with Crippen LogP contribution in [-0.2, 0) is 6.54 Å². The maximum absolute atomic E-state index is 12.4. The number of H-pyrrole nitrogens is 2. The minimum absolute atomic E-state index is 0.144. The molecule has 10 heteroatoms. The van der Waals surface area contributed by atoms with Crippen molar-refractivity contribution in [3.05, 3.63) is 93.9 Å². The van der Waals surface area contributed by atoms with E-state index in [1.54, 1.807) is 11.8 Å². The van der Waals surface area contributed by atoms with Gasteiger partial charge in [0, 0.05) is 17.9 Å². The third-order valence-corrected chi connectivity index (χ3v) is 7.54. The number of aromatic amines is 2. The number of aromatic nitrogens is 5. The van der Waals surface area contributed by atoms with E-state index in [0.717, 1.165) is 45.6 Å². The van der Waals surface area contributed by atoms with Crippen molar-refractivity contribution in [3.63, 3.8) is 0 Å². The summed E-state index contributed by atoms with van der Waals surface area (Å²) in [6, 6.07) is 17.9. The fourth-order valence-electron chi connectivity index (χ4n) is 3.72. The van der Waals surface area contributed by atoms with Crippen LogP contribution in [0.15, 0.2) is 76.5 Å². The van der Waals surface area contributed by atoms with Crippen molar-refractivity contribution in [2.24, 2.45) is 0 Å². The highest BCUT2D eigenvalue weighted by Crippen LogP contribution is 2.22. The first-order valence-corrected chi connectivity index (χ1v) is 13.7. The maximum atomic E-state index is 12.4. The Morgan fingerprint density at radius 2 is 2.03 bits per heavy atom. The van der Waals surface area contributed by atoms with Gasteiger partial charge in [0.05, 0.1) is 17.7 Å². The molecule has 0 radical (unpaired) electrons. The molecule has 0 aliphatic carbocycles. The Labute approximate surface area is 222 Å².